The second-order valence-corrected chi connectivity index (χ2v) is 5.05. The van der Waals surface area contributed by atoms with Crippen molar-refractivity contribution < 1.29 is 4.92 Å². The highest BCUT2D eigenvalue weighted by Crippen LogP contribution is 2.30. The largest absolute Gasteiger partial charge is 0.295 e. The monoisotopic (exact) mass is 279 g/mol. The smallest absolute Gasteiger partial charge is 0.270 e. The normalized spacial score (nSPS) is 14.4. The number of nitrogens with zero attached hydrogens (tertiary/aromatic N) is 3. The zero-order chi connectivity index (χ0) is 13.8. The van der Waals surface area contributed by atoms with Crippen LogP contribution in [0.2, 0.25) is 5.02 Å². The first kappa shape index (κ1) is 13.8. The maximum atomic E-state index is 10.6. The van der Waals surface area contributed by atoms with E-state index in [2.05, 4.69) is 11.0 Å². The standard InChI is InChI=1S/C13H14ClN3O2/c14-13-8-12(17(18)19)3-2-10(13)9-16(7-1-6-15)11-4-5-11/h2-3,8,11H,1,4-5,7,9H2. The molecule has 1 aromatic rings. The van der Waals surface area contributed by atoms with Gasteiger partial charge in [-0.1, -0.05) is 11.6 Å². The number of hydrogen-bond acceptors (Lipinski definition) is 4. The molecule has 1 aliphatic rings. The molecule has 0 radical (unpaired) electrons. The van der Waals surface area contributed by atoms with Gasteiger partial charge in [0.25, 0.3) is 5.69 Å². The Morgan fingerprint density at radius 2 is 2.26 bits per heavy atom. The minimum Gasteiger partial charge on any atom is -0.295 e. The van der Waals surface area contributed by atoms with Gasteiger partial charge in [-0.15, -0.1) is 0 Å². The summed E-state index contributed by atoms with van der Waals surface area (Å²) < 4.78 is 0. The average Bonchev–Trinajstić information content (AvgIpc) is 3.20. The highest BCUT2D eigenvalue weighted by molar-refractivity contribution is 6.31. The lowest BCUT2D eigenvalue weighted by Gasteiger charge is -2.21. The van der Waals surface area contributed by atoms with Crippen LogP contribution < -0.4 is 0 Å². The molecule has 0 spiro atoms. The Kier molecular flexibility index (Phi) is 4.35. The summed E-state index contributed by atoms with van der Waals surface area (Å²) in [5, 5.41) is 19.7. The number of hydrogen-bond donors (Lipinski definition) is 0. The predicted octanol–water partition coefficient (Wildman–Crippen LogP) is 3.13. The maximum Gasteiger partial charge on any atom is 0.270 e. The molecule has 0 aromatic heterocycles. The van der Waals surface area contributed by atoms with Crippen LogP contribution in [0.1, 0.15) is 24.8 Å². The quantitative estimate of drug-likeness (QED) is 0.592. The first-order valence-corrected chi connectivity index (χ1v) is 6.53. The molecule has 0 amide bonds. The SMILES string of the molecule is N#CCCN(Cc1ccc([N+](=O)[O-])cc1Cl)C1CC1. The van der Waals surface area contributed by atoms with Gasteiger partial charge < -0.3 is 0 Å². The van der Waals surface area contributed by atoms with E-state index < -0.39 is 4.92 Å². The minimum absolute atomic E-state index is 0.00347. The van der Waals surface area contributed by atoms with Crippen LogP contribution >= 0.6 is 11.6 Å². The van der Waals surface area contributed by atoms with Crippen molar-refractivity contribution in [1.29, 1.82) is 5.26 Å². The maximum absolute atomic E-state index is 10.6. The molecule has 5 nitrogen and oxygen atoms in total. The second kappa shape index (κ2) is 6.00. The van der Waals surface area contributed by atoms with Crippen LogP contribution in [-0.2, 0) is 6.54 Å². The lowest BCUT2D eigenvalue weighted by Crippen LogP contribution is -2.26. The highest BCUT2D eigenvalue weighted by atomic mass is 35.5. The average molecular weight is 280 g/mol. The van der Waals surface area contributed by atoms with Crippen molar-refractivity contribution in [1.82, 2.24) is 4.90 Å². The van der Waals surface area contributed by atoms with E-state index >= 15 is 0 Å². The molecule has 0 saturated heterocycles. The van der Waals surface area contributed by atoms with Gasteiger partial charge >= 0.3 is 0 Å². The van der Waals surface area contributed by atoms with Gasteiger partial charge in [-0.2, -0.15) is 5.26 Å². The number of nitro benzene ring substituents is 1. The van der Waals surface area contributed by atoms with Crippen LogP contribution in [0.15, 0.2) is 18.2 Å². The first-order valence-electron chi connectivity index (χ1n) is 6.15. The molecule has 1 aromatic carbocycles. The predicted molar refractivity (Wildman–Crippen MR) is 71.8 cm³/mol. The van der Waals surface area contributed by atoms with Crippen molar-refractivity contribution >= 4 is 17.3 Å². The molecule has 0 aliphatic heterocycles. The Bertz CT molecular complexity index is 523. The fraction of sp³-hybridized carbons (Fsp3) is 0.462. The zero-order valence-corrected chi connectivity index (χ0v) is 11.1. The molecule has 0 heterocycles. The molecule has 1 saturated carbocycles. The van der Waals surface area contributed by atoms with Gasteiger partial charge in [0.05, 0.1) is 16.0 Å². The highest BCUT2D eigenvalue weighted by Gasteiger charge is 2.29. The molecule has 0 unspecified atom stereocenters. The second-order valence-electron chi connectivity index (χ2n) is 4.64. The van der Waals surface area contributed by atoms with Gasteiger partial charge in [-0.05, 0) is 24.5 Å². The third-order valence-corrected chi connectivity index (χ3v) is 3.55. The molecule has 1 fully saturated rings. The summed E-state index contributed by atoms with van der Waals surface area (Å²) >= 11 is 6.08. The first-order chi connectivity index (χ1) is 9.11. The Hall–Kier alpha value is -1.64. The number of rotatable bonds is 6. The van der Waals surface area contributed by atoms with Crippen molar-refractivity contribution in [2.45, 2.75) is 31.8 Å². The molecular weight excluding hydrogens is 266 g/mol. The lowest BCUT2D eigenvalue weighted by molar-refractivity contribution is -0.384. The van der Waals surface area contributed by atoms with Gasteiger partial charge in [0.2, 0.25) is 0 Å². The number of nitro groups is 1. The van der Waals surface area contributed by atoms with Gasteiger partial charge in [-0.25, -0.2) is 0 Å². The summed E-state index contributed by atoms with van der Waals surface area (Å²) in [6, 6.07) is 7.22. The molecule has 2 rings (SSSR count). The van der Waals surface area contributed by atoms with E-state index in [0.717, 1.165) is 18.4 Å². The van der Waals surface area contributed by atoms with Crippen molar-refractivity contribution in [3.8, 4) is 6.07 Å². The van der Waals surface area contributed by atoms with Crippen LogP contribution in [0.4, 0.5) is 5.69 Å². The number of non-ortho nitro benzene ring substituents is 1. The van der Waals surface area contributed by atoms with Crippen LogP contribution in [0.25, 0.3) is 0 Å². The number of halogens is 1. The molecule has 6 heteroatoms. The Labute approximate surface area is 116 Å². The van der Waals surface area contributed by atoms with Crippen molar-refractivity contribution in [3.05, 3.63) is 38.9 Å². The lowest BCUT2D eigenvalue weighted by atomic mass is 10.2. The summed E-state index contributed by atoms with van der Waals surface area (Å²) in [7, 11) is 0. The Balaban J connectivity index is 2.08. The van der Waals surface area contributed by atoms with E-state index in [1.165, 1.54) is 12.1 Å². The van der Waals surface area contributed by atoms with E-state index in [4.69, 9.17) is 16.9 Å². The fourth-order valence-electron chi connectivity index (χ4n) is 2.02. The number of nitriles is 1. The van der Waals surface area contributed by atoms with Crippen LogP contribution in [-0.4, -0.2) is 22.4 Å². The van der Waals surface area contributed by atoms with Crippen LogP contribution in [0.5, 0.6) is 0 Å². The summed E-state index contributed by atoms with van der Waals surface area (Å²) in [5.74, 6) is 0. The third-order valence-electron chi connectivity index (χ3n) is 3.19. The molecule has 100 valence electrons. The molecule has 1 aliphatic carbocycles. The van der Waals surface area contributed by atoms with Gasteiger partial charge in [0.15, 0.2) is 0 Å². The van der Waals surface area contributed by atoms with Crippen molar-refractivity contribution in [2.75, 3.05) is 6.54 Å². The molecule has 0 N–H and O–H groups in total. The summed E-state index contributed by atoms with van der Waals surface area (Å²) in [4.78, 5) is 12.4. The summed E-state index contributed by atoms with van der Waals surface area (Å²) in [6.07, 6.45) is 2.78. The van der Waals surface area contributed by atoms with Gasteiger partial charge in [-0.3, -0.25) is 15.0 Å². The zero-order valence-electron chi connectivity index (χ0n) is 10.4. The van der Waals surface area contributed by atoms with Gasteiger partial charge in [0, 0.05) is 37.7 Å². The fourth-order valence-corrected chi connectivity index (χ4v) is 2.26. The van der Waals surface area contributed by atoms with Gasteiger partial charge in [0.1, 0.15) is 0 Å². The van der Waals surface area contributed by atoms with Crippen LogP contribution in [0.3, 0.4) is 0 Å². The molecular formula is C13H14ClN3O2. The van der Waals surface area contributed by atoms with Crippen molar-refractivity contribution in [3.63, 3.8) is 0 Å². The topological polar surface area (TPSA) is 70.2 Å². The Morgan fingerprint density at radius 1 is 1.53 bits per heavy atom. The minimum atomic E-state index is -0.454. The number of benzene rings is 1. The van der Waals surface area contributed by atoms with E-state index in [-0.39, 0.29) is 5.69 Å². The van der Waals surface area contributed by atoms with Crippen molar-refractivity contribution in [2.24, 2.45) is 0 Å². The van der Waals surface area contributed by atoms with Crippen LogP contribution in [0, 0.1) is 21.4 Å². The van der Waals surface area contributed by atoms with E-state index in [1.807, 2.05) is 0 Å². The molecule has 19 heavy (non-hydrogen) atoms. The van der Waals surface area contributed by atoms with E-state index in [9.17, 15) is 10.1 Å². The molecule has 0 atom stereocenters. The summed E-state index contributed by atoms with van der Waals surface area (Å²) in [5.41, 5.74) is 0.876. The third kappa shape index (κ3) is 3.66. The van der Waals surface area contributed by atoms with E-state index in [0.29, 0.717) is 30.6 Å². The van der Waals surface area contributed by atoms with E-state index in [1.54, 1.807) is 6.07 Å². The molecule has 0 bridgehead atoms. The Morgan fingerprint density at radius 3 is 2.79 bits per heavy atom. The summed E-state index contributed by atoms with van der Waals surface area (Å²) in [6.45, 7) is 1.36.